The first-order valence-corrected chi connectivity index (χ1v) is 5.59. The number of hydrogen-bond donors (Lipinski definition) is 1. The van der Waals surface area contributed by atoms with E-state index >= 15 is 0 Å². The predicted octanol–water partition coefficient (Wildman–Crippen LogP) is 2.38. The standard InChI is InChI=1S/C13H17NO2/c1-13(2)11(12(15)16)8-9-14(13)10-6-4-3-5-7-10/h3-7,11H,8-9H2,1-2H3,(H,15,16). The normalized spacial score (nSPS) is 23.4. The SMILES string of the molecule is CC1(C)C(C(=O)O)CCN1c1ccccc1. The molecule has 0 aromatic heterocycles. The molecule has 86 valence electrons. The number of nitrogens with zero attached hydrogens (tertiary/aromatic N) is 1. The second-order valence-electron chi connectivity index (χ2n) is 4.82. The number of carboxylic acids is 1. The topological polar surface area (TPSA) is 40.5 Å². The van der Waals surface area contributed by atoms with Gasteiger partial charge >= 0.3 is 5.97 Å². The van der Waals surface area contributed by atoms with Crippen LogP contribution in [0.15, 0.2) is 30.3 Å². The first-order valence-electron chi connectivity index (χ1n) is 5.59. The Morgan fingerprint density at radius 3 is 2.50 bits per heavy atom. The number of anilines is 1. The Kier molecular flexibility index (Phi) is 2.62. The first-order chi connectivity index (χ1) is 7.53. The molecule has 1 heterocycles. The number of benzene rings is 1. The van der Waals surface area contributed by atoms with Crippen molar-refractivity contribution in [1.82, 2.24) is 0 Å². The molecule has 1 saturated heterocycles. The minimum atomic E-state index is -0.691. The third kappa shape index (κ3) is 1.66. The fourth-order valence-corrected chi connectivity index (χ4v) is 2.58. The van der Waals surface area contributed by atoms with E-state index in [0.29, 0.717) is 0 Å². The molecule has 0 spiro atoms. The molecule has 3 heteroatoms. The molecule has 3 nitrogen and oxygen atoms in total. The van der Waals surface area contributed by atoms with Gasteiger partial charge in [-0.1, -0.05) is 18.2 Å². The Labute approximate surface area is 95.7 Å². The average molecular weight is 219 g/mol. The summed E-state index contributed by atoms with van der Waals surface area (Å²) in [5.41, 5.74) is 0.795. The fourth-order valence-electron chi connectivity index (χ4n) is 2.58. The van der Waals surface area contributed by atoms with Crippen molar-refractivity contribution in [3.8, 4) is 0 Å². The van der Waals surface area contributed by atoms with Gasteiger partial charge in [0.05, 0.1) is 5.92 Å². The smallest absolute Gasteiger partial charge is 0.308 e. The molecule has 1 fully saturated rings. The average Bonchev–Trinajstić information content (AvgIpc) is 2.55. The number of carboxylic acid groups (broad SMARTS) is 1. The van der Waals surface area contributed by atoms with Gasteiger partial charge in [-0.3, -0.25) is 4.79 Å². The van der Waals surface area contributed by atoms with Gasteiger partial charge in [-0.15, -0.1) is 0 Å². The molecule has 16 heavy (non-hydrogen) atoms. The van der Waals surface area contributed by atoms with Gasteiger partial charge in [-0.25, -0.2) is 0 Å². The summed E-state index contributed by atoms with van der Waals surface area (Å²) >= 11 is 0. The summed E-state index contributed by atoms with van der Waals surface area (Å²) in [6, 6.07) is 10.0. The molecule has 0 saturated carbocycles. The van der Waals surface area contributed by atoms with Crippen molar-refractivity contribution in [3.63, 3.8) is 0 Å². The maximum Gasteiger partial charge on any atom is 0.308 e. The second kappa shape index (κ2) is 3.81. The van der Waals surface area contributed by atoms with Crippen molar-refractivity contribution in [2.45, 2.75) is 25.8 Å². The highest BCUT2D eigenvalue weighted by atomic mass is 16.4. The highest BCUT2D eigenvalue weighted by Gasteiger charge is 2.45. The Morgan fingerprint density at radius 2 is 2.00 bits per heavy atom. The quantitative estimate of drug-likeness (QED) is 0.830. The molecule has 1 N–H and O–H groups in total. The maximum atomic E-state index is 11.2. The molecule has 1 aromatic carbocycles. The molecule has 2 rings (SSSR count). The van der Waals surface area contributed by atoms with Crippen molar-refractivity contribution in [2.75, 3.05) is 11.4 Å². The highest BCUT2D eigenvalue weighted by molar-refractivity contribution is 5.74. The Bertz CT molecular complexity index is 386. The second-order valence-corrected chi connectivity index (χ2v) is 4.82. The van der Waals surface area contributed by atoms with Crippen LogP contribution in [0, 0.1) is 5.92 Å². The van der Waals surface area contributed by atoms with E-state index in [2.05, 4.69) is 4.90 Å². The Hall–Kier alpha value is -1.51. The molecule has 1 unspecified atom stereocenters. The zero-order valence-corrected chi connectivity index (χ0v) is 9.68. The molecule has 1 aromatic rings. The number of aliphatic carboxylic acids is 1. The first kappa shape index (κ1) is 11.0. The molecule has 0 amide bonds. The van der Waals surface area contributed by atoms with Crippen LogP contribution in [-0.2, 0) is 4.79 Å². The van der Waals surface area contributed by atoms with Gasteiger partial charge in [0.15, 0.2) is 0 Å². The van der Waals surface area contributed by atoms with Crippen LogP contribution in [0.2, 0.25) is 0 Å². The molecule has 0 aliphatic carbocycles. The third-order valence-electron chi connectivity index (χ3n) is 3.56. The van der Waals surface area contributed by atoms with Gasteiger partial charge in [-0.05, 0) is 32.4 Å². The van der Waals surface area contributed by atoms with Crippen molar-refractivity contribution in [2.24, 2.45) is 5.92 Å². The molecule has 1 aliphatic heterocycles. The van der Waals surface area contributed by atoms with Crippen LogP contribution >= 0.6 is 0 Å². The number of para-hydroxylation sites is 1. The molecular weight excluding hydrogens is 202 g/mol. The van der Waals surface area contributed by atoms with Crippen LogP contribution in [0.25, 0.3) is 0 Å². The van der Waals surface area contributed by atoms with Crippen LogP contribution in [0.5, 0.6) is 0 Å². The molecule has 0 radical (unpaired) electrons. The number of hydrogen-bond acceptors (Lipinski definition) is 2. The van der Waals surface area contributed by atoms with Crippen LogP contribution in [-0.4, -0.2) is 23.2 Å². The summed E-state index contributed by atoms with van der Waals surface area (Å²) in [4.78, 5) is 13.4. The lowest BCUT2D eigenvalue weighted by Gasteiger charge is -2.36. The van der Waals surface area contributed by atoms with E-state index < -0.39 is 5.97 Å². The van der Waals surface area contributed by atoms with Crippen molar-refractivity contribution in [1.29, 1.82) is 0 Å². The van der Waals surface area contributed by atoms with Crippen LogP contribution in [0.1, 0.15) is 20.3 Å². The van der Waals surface area contributed by atoms with Gasteiger partial charge < -0.3 is 10.0 Å². The van der Waals surface area contributed by atoms with E-state index in [1.165, 1.54) is 0 Å². The zero-order chi connectivity index (χ0) is 11.8. The predicted molar refractivity (Wildman–Crippen MR) is 63.6 cm³/mol. The number of rotatable bonds is 2. The van der Waals surface area contributed by atoms with Crippen molar-refractivity contribution < 1.29 is 9.90 Å². The van der Waals surface area contributed by atoms with E-state index in [1.54, 1.807) is 0 Å². The van der Waals surface area contributed by atoms with E-state index in [-0.39, 0.29) is 11.5 Å². The lowest BCUT2D eigenvalue weighted by Crippen LogP contribution is -2.45. The maximum absolute atomic E-state index is 11.2. The van der Waals surface area contributed by atoms with Crippen LogP contribution < -0.4 is 4.90 Å². The minimum Gasteiger partial charge on any atom is -0.481 e. The zero-order valence-electron chi connectivity index (χ0n) is 9.68. The van der Waals surface area contributed by atoms with Gasteiger partial charge in [0.25, 0.3) is 0 Å². The van der Waals surface area contributed by atoms with Crippen molar-refractivity contribution in [3.05, 3.63) is 30.3 Å². The summed E-state index contributed by atoms with van der Waals surface area (Å²) in [7, 11) is 0. The van der Waals surface area contributed by atoms with Crippen LogP contribution in [0.3, 0.4) is 0 Å². The van der Waals surface area contributed by atoms with E-state index in [9.17, 15) is 9.90 Å². The summed E-state index contributed by atoms with van der Waals surface area (Å²) in [5, 5.41) is 9.19. The molecular formula is C13H17NO2. The summed E-state index contributed by atoms with van der Waals surface area (Å²) in [6.45, 7) is 4.82. The summed E-state index contributed by atoms with van der Waals surface area (Å²) < 4.78 is 0. The van der Waals surface area contributed by atoms with Gasteiger partial charge in [0.2, 0.25) is 0 Å². The van der Waals surface area contributed by atoms with E-state index in [0.717, 1.165) is 18.7 Å². The third-order valence-corrected chi connectivity index (χ3v) is 3.56. The largest absolute Gasteiger partial charge is 0.481 e. The molecule has 1 atom stereocenters. The summed E-state index contributed by atoms with van der Waals surface area (Å²) in [5.74, 6) is -0.976. The molecule has 0 bridgehead atoms. The van der Waals surface area contributed by atoms with E-state index in [1.807, 2.05) is 44.2 Å². The lowest BCUT2D eigenvalue weighted by atomic mass is 9.88. The highest BCUT2D eigenvalue weighted by Crippen LogP contribution is 2.38. The monoisotopic (exact) mass is 219 g/mol. The van der Waals surface area contributed by atoms with E-state index in [4.69, 9.17) is 0 Å². The fraction of sp³-hybridized carbons (Fsp3) is 0.462. The van der Waals surface area contributed by atoms with Gasteiger partial charge in [-0.2, -0.15) is 0 Å². The lowest BCUT2D eigenvalue weighted by molar-refractivity contribution is -0.142. The minimum absolute atomic E-state index is 0.285. The van der Waals surface area contributed by atoms with Crippen LogP contribution in [0.4, 0.5) is 5.69 Å². The Morgan fingerprint density at radius 1 is 1.38 bits per heavy atom. The summed E-state index contributed by atoms with van der Waals surface area (Å²) in [6.07, 6.45) is 0.719. The molecule has 1 aliphatic rings. The van der Waals surface area contributed by atoms with Gasteiger partial charge in [0.1, 0.15) is 0 Å². The Balaban J connectivity index is 2.29. The van der Waals surface area contributed by atoms with Gasteiger partial charge in [0, 0.05) is 17.8 Å². The number of carbonyl (C=O) groups is 1. The van der Waals surface area contributed by atoms with Crippen molar-refractivity contribution >= 4 is 11.7 Å².